The van der Waals surface area contributed by atoms with E-state index in [4.69, 9.17) is 0 Å². The quantitative estimate of drug-likeness (QED) is 0.407. The Kier molecular flexibility index (Phi) is 9.01. The van der Waals surface area contributed by atoms with Crippen molar-refractivity contribution in [1.82, 2.24) is 15.1 Å². The van der Waals surface area contributed by atoms with E-state index in [0.717, 1.165) is 50.5 Å². The number of aldehydes is 1. The smallest absolute Gasteiger partial charge is 0.242 e. The number of hydrogen-bond donors (Lipinski definition) is 1. The van der Waals surface area contributed by atoms with Gasteiger partial charge in [-0.25, -0.2) is 4.39 Å². The average molecular weight is 515 g/mol. The lowest BCUT2D eigenvalue weighted by molar-refractivity contribution is -0.127. The highest BCUT2D eigenvalue weighted by Crippen LogP contribution is 2.58. The summed E-state index contributed by atoms with van der Waals surface area (Å²) in [5.74, 6) is -0.0491. The highest BCUT2D eigenvalue weighted by atomic mass is 19.1. The van der Waals surface area contributed by atoms with Gasteiger partial charge in [0.1, 0.15) is 18.1 Å². The van der Waals surface area contributed by atoms with E-state index >= 15 is 4.39 Å². The van der Waals surface area contributed by atoms with Crippen molar-refractivity contribution in [3.05, 3.63) is 29.1 Å². The van der Waals surface area contributed by atoms with E-state index < -0.39 is 11.5 Å². The van der Waals surface area contributed by atoms with Gasteiger partial charge in [-0.15, -0.1) is 0 Å². The van der Waals surface area contributed by atoms with Crippen molar-refractivity contribution in [3.63, 3.8) is 0 Å². The first-order chi connectivity index (χ1) is 17.9. The molecule has 1 atom stereocenters. The molecule has 0 radical (unpaired) electrons. The summed E-state index contributed by atoms with van der Waals surface area (Å²) in [6, 6.07) is 2.51. The standard InChI is InChI=1S/C29H43FN4O3/c1-4-7-21(8-5-2)19-32-12-14-33(15-13-32)20-22-17-23-26(18-24(22)30)34(28(37)29(23)10-11-29)25(9-6-16-35)27(36)31-3/h16-18,21,25H,4-15,19-20H2,1-3H3,(H,31,36). The lowest BCUT2D eigenvalue weighted by atomic mass is 9.95. The first-order valence-electron chi connectivity index (χ1n) is 14.1. The van der Waals surface area contributed by atoms with Gasteiger partial charge >= 0.3 is 0 Å². The third-order valence-corrected chi connectivity index (χ3v) is 8.51. The molecule has 1 saturated heterocycles. The molecule has 2 amide bonds. The first-order valence-corrected chi connectivity index (χ1v) is 14.1. The number of halogens is 1. The van der Waals surface area contributed by atoms with Gasteiger partial charge in [0.2, 0.25) is 11.8 Å². The molecule has 0 aromatic heterocycles. The highest BCUT2D eigenvalue weighted by molar-refractivity contribution is 6.13. The number of carbonyl (C=O) groups is 3. The SMILES string of the molecule is CCCC(CCC)CN1CCN(Cc2cc3c(cc2F)N(C(CCC=O)C(=O)NC)C(=O)C32CC2)CC1. The van der Waals surface area contributed by atoms with Gasteiger partial charge in [0.05, 0.1) is 11.1 Å². The van der Waals surface area contributed by atoms with Crippen LogP contribution in [0, 0.1) is 11.7 Å². The number of anilines is 1. The molecule has 1 spiro atoms. The summed E-state index contributed by atoms with van der Waals surface area (Å²) in [4.78, 5) is 43.5. The van der Waals surface area contributed by atoms with Crippen LogP contribution in [0.5, 0.6) is 0 Å². The number of amides is 2. The van der Waals surface area contributed by atoms with Crippen LogP contribution in [0.25, 0.3) is 0 Å². The van der Waals surface area contributed by atoms with E-state index in [-0.39, 0.29) is 30.5 Å². The summed E-state index contributed by atoms with van der Waals surface area (Å²) in [7, 11) is 1.52. The molecule has 1 aromatic rings. The van der Waals surface area contributed by atoms with Crippen LogP contribution in [-0.4, -0.2) is 73.7 Å². The van der Waals surface area contributed by atoms with Crippen LogP contribution in [0.4, 0.5) is 10.1 Å². The molecule has 1 unspecified atom stereocenters. The van der Waals surface area contributed by atoms with E-state index in [1.54, 1.807) is 0 Å². The Balaban J connectivity index is 1.48. The van der Waals surface area contributed by atoms with Crippen LogP contribution in [0.15, 0.2) is 12.1 Å². The topological polar surface area (TPSA) is 73.0 Å². The Morgan fingerprint density at radius 2 is 1.73 bits per heavy atom. The fourth-order valence-corrected chi connectivity index (χ4v) is 6.33. The van der Waals surface area contributed by atoms with Gasteiger partial charge in [-0.3, -0.25) is 19.4 Å². The van der Waals surface area contributed by atoms with Crippen molar-refractivity contribution in [1.29, 1.82) is 0 Å². The minimum Gasteiger partial charge on any atom is -0.357 e. The third-order valence-electron chi connectivity index (χ3n) is 8.51. The maximum Gasteiger partial charge on any atom is 0.242 e. The summed E-state index contributed by atoms with van der Waals surface area (Å²) in [6.45, 7) is 10.00. The molecule has 1 N–H and O–H groups in total. The van der Waals surface area contributed by atoms with Gasteiger partial charge in [0.25, 0.3) is 0 Å². The molecule has 3 aliphatic rings. The Morgan fingerprint density at radius 1 is 1.08 bits per heavy atom. The number of likely N-dealkylation sites (N-methyl/N-ethyl adjacent to an activating group) is 1. The van der Waals surface area contributed by atoms with Gasteiger partial charge in [-0.1, -0.05) is 26.7 Å². The number of benzene rings is 1. The Bertz CT molecular complexity index is 982. The van der Waals surface area contributed by atoms with Crippen LogP contribution < -0.4 is 10.2 Å². The molecule has 37 heavy (non-hydrogen) atoms. The number of rotatable bonds is 13. The van der Waals surface area contributed by atoms with Crippen LogP contribution in [0.2, 0.25) is 0 Å². The summed E-state index contributed by atoms with van der Waals surface area (Å²) in [5, 5.41) is 2.61. The van der Waals surface area contributed by atoms with Crippen molar-refractivity contribution in [3.8, 4) is 0 Å². The van der Waals surface area contributed by atoms with Crippen LogP contribution in [0.3, 0.4) is 0 Å². The monoisotopic (exact) mass is 514 g/mol. The van der Waals surface area contributed by atoms with Gasteiger partial charge in [0.15, 0.2) is 0 Å². The second kappa shape index (κ2) is 12.0. The number of nitrogens with one attached hydrogen (secondary N) is 1. The van der Waals surface area contributed by atoms with E-state index in [0.29, 0.717) is 30.6 Å². The van der Waals surface area contributed by atoms with E-state index in [9.17, 15) is 14.4 Å². The van der Waals surface area contributed by atoms with Crippen molar-refractivity contribution in [2.45, 2.75) is 83.2 Å². The average Bonchev–Trinajstić information content (AvgIpc) is 3.66. The zero-order valence-electron chi connectivity index (χ0n) is 22.7. The van der Waals surface area contributed by atoms with Crippen LogP contribution >= 0.6 is 0 Å². The highest BCUT2D eigenvalue weighted by Gasteiger charge is 2.61. The second-order valence-electron chi connectivity index (χ2n) is 11.1. The Morgan fingerprint density at radius 3 is 2.30 bits per heavy atom. The van der Waals surface area contributed by atoms with E-state index in [1.807, 2.05) is 6.07 Å². The lowest BCUT2D eigenvalue weighted by Gasteiger charge is -2.36. The molecule has 2 aliphatic heterocycles. The van der Waals surface area contributed by atoms with Crippen LogP contribution in [0.1, 0.15) is 76.3 Å². The molecule has 2 heterocycles. The van der Waals surface area contributed by atoms with E-state index in [2.05, 4.69) is 29.0 Å². The van der Waals surface area contributed by atoms with Crippen molar-refractivity contribution >= 4 is 23.8 Å². The lowest BCUT2D eigenvalue weighted by Crippen LogP contribution is -2.49. The fourth-order valence-electron chi connectivity index (χ4n) is 6.33. The predicted molar refractivity (Wildman–Crippen MR) is 143 cm³/mol. The number of hydrogen-bond acceptors (Lipinski definition) is 5. The summed E-state index contributed by atoms with van der Waals surface area (Å²) < 4.78 is 15.5. The summed E-state index contributed by atoms with van der Waals surface area (Å²) >= 11 is 0. The third kappa shape index (κ3) is 5.75. The first kappa shape index (κ1) is 27.7. The maximum absolute atomic E-state index is 15.5. The molecule has 1 aliphatic carbocycles. The fraction of sp³-hybridized carbons (Fsp3) is 0.690. The predicted octanol–water partition coefficient (Wildman–Crippen LogP) is 3.63. The van der Waals surface area contributed by atoms with E-state index in [1.165, 1.54) is 43.7 Å². The zero-order chi connectivity index (χ0) is 26.6. The number of carbonyl (C=O) groups excluding carboxylic acids is 3. The summed E-state index contributed by atoms with van der Waals surface area (Å²) in [5.41, 5.74) is 1.31. The molecule has 0 bridgehead atoms. The molecule has 7 nitrogen and oxygen atoms in total. The summed E-state index contributed by atoms with van der Waals surface area (Å²) in [6.07, 6.45) is 7.57. The molecular weight excluding hydrogens is 471 g/mol. The largest absolute Gasteiger partial charge is 0.357 e. The Hall–Kier alpha value is -2.32. The van der Waals surface area contributed by atoms with Gasteiger partial charge < -0.3 is 15.0 Å². The molecular formula is C29H43FN4O3. The number of piperazine rings is 1. The van der Waals surface area contributed by atoms with Gasteiger partial charge in [-0.05, 0) is 55.7 Å². The van der Waals surface area contributed by atoms with Crippen molar-refractivity contribution in [2.75, 3.05) is 44.7 Å². The second-order valence-corrected chi connectivity index (χ2v) is 11.1. The molecule has 4 rings (SSSR count). The maximum atomic E-state index is 15.5. The molecule has 8 heteroatoms. The van der Waals surface area contributed by atoms with Crippen LogP contribution in [-0.2, 0) is 26.3 Å². The van der Waals surface area contributed by atoms with Gasteiger partial charge in [0, 0.05) is 58.3 Å². The number of nitrogens with zero attached hydrogens (tertiary/aromatic N) is 3. The Labute approximate surface area is 220 Å². The van der Waals surface area contributed by atoms with Gasteiger partial charge in [-0.2, -0.15) is 0 Å². The number of fused-ring (bicyclic) bond motifs is 2. The zero-order valence-corrected chi connectivity index (χ0v) is 22.7. The minimum absolute atomic E-state index is 0.138. The molecule has 204 valence electrons. The molecule has 1 saturated carbocycles. The van der Waals surface area contributed by atoms with Crippen molar-refractivity contribution < 1.29 is 18.8 Å². The normalized spacial score (nSPS) is 19.9. The van der Waals surface area contributed by atoms with Crippen molar-refractivity contribution in [2.24, 2.45) is 5.92 Å². The molecule has 1 aromatic carbocycles. The minimum atomic E-state index is -0.816. The molecule has 2 fully saturated rings.